The summed E-state index contributed by atoms with van der Waals surface area (Å²) in [5.74, 6) is 0. The Labute approximate surface area is 115 Å². The highest BCUT2D eigenvalue weighted by Crippen LogP contribution is 2.17. The predicted molar refractivity (Wildman–Crippen MR) is 77.0 cm³/mol. The van der Waals surface area contributed by atoms with Gasteiger partial charge in [0.2, 0.25) is 0 Å². The maximum absolute atomic E-state index is 5.86. The number of hydrogen-bond donors (Lipinski definition) is 1. The fraction of sp³-hybridized carbons (Fsp3) is 0.571. The van der Waals surface area contributed by atoms with E-state index in [1.807, 2.05) is 12.1 Å². The second-order valence-electron chi connectivity index (χ2n) is 4.70. The molecule has 0 saturated heterocycles. The van der Waals surface area contributed by atoms with Gasteiger partial charge in [0.1, 0.15) is 0 Å². The molecule has 1 fully saturated rings. The fourth-order valence-corrected chi connectivity index (χ4v) is 2.47. The summed E-state index contributed by atoms with van der Waals surface area (Å²) < 4.78 is 0. The molecule has 0 heterocycles. The van der Waals surface area contributed by atoms with E-state index >= 15 is 0 Å². The molecule has 0 amide bonds. The van der Waals surface area contributed by atoms with E-state index in [4.69, 9.17) is 11.6 Å². The van der Waals surface area contributed by atoms with Crippen molar-refractivity contribution in [2.45, 2.75) is 51.1 Å². The van der Waals surface area contributed by atoms with E-state index in [9.17, 15) is 0 Å². The lowest BCUT2D eigenvalue weighted by atomic mass is 10.1. The molecule has 1 aliphatic carbocycles. The van der Waals surface area contributed by atoms with Gasteiger partial charge in [0.05, 0.1) is 0 Å². The summed E-state index contributed by atoms with van der Waals surface area (Å²) in [6, 6.07) is 8.85. The van der Waals surface area contributed by atoms with Gasteiger partial charge in [-0.15, -0.1) is 12.4 Å². The second kappa shape index (κ2) is 7.97. The van der Waals surface area contributed by atoms with Crippen LogP contribution in [0.15, 0.2) is 24.3 Å². The molecule has 0 atom stereocenters. The van der Waals surface area contributed by atoms with Crippen LogP contribution in [0, 0.1) is 0 Å². The van der Waals surface area contributed by atoms with Gasteiger partial charge in [0.15, 0.2) is 0 Å². The van der Waals surface area contributed by atoms with Crippen molar-refractivity contribution in [1.82, 2.24) is 5.32 Å². The summed E-state index contributed by atoms with van der Waals surface area (Å²) in [5, 5.41) is 4.47. The lowest BCUT2D eigenvalue weighted by Gasteiger charge is -2.16. The molecule has 96 valence electrons. The average Bonchev–Trinajstić information content (AvgIpc) is 2.57. The van der Waals surface area contributed by atoms with Gasteiger partial charge < -0.3 is 5.32 Å². The van der Waals surface area contributed by atoms with Gasteiger partial charge in [-0.05, 0) is 30.5 Å². The molecule has 0 bridgehead atoms. The molecule has 0 spiro atoms. The van der Waals surface area contributed by atoms with E-state index in [0.29, 0.717) is 0 Å². The minimum absolute atomic E-state index is 0. The SMILES string of the molecule is Cl.Clc1ccc(CNC2CCCCCC2)cc1. The number of hydrogen-bond acceptors (Lipinski definition) is 1. The molecule has 17 heavy (non-hydrogen) atoms. The van der Waals surface area contributed by atoms with Crippen molar-refractivity contribution in [1.29, 1.82) is 0 Å². The molecule has 1 saturated carbocycles. The van der Waals surface area contributed by atoms with Gasteiger partial charge in [-0.3, -0.25) is 0 Å². The van der Waals surface area contributed by atoms with Crippen molar-refractivity contribution >= 4 is 24.0 Å². The molecule has 1 N–H and O–H groups in total. The van der Waals surface area contributed by atoms with Crippen LogP contribution in [-0.2, 0) is 6.54 Å². The zero-order chi connectivity index (χ0) is 11.2. The molecule has 0 radical (unpaired) electrons. The molecule has 1 nitrogen and oxygen atoms in total. The number of benzene rings is 1. The summed E-state index contributed by atoms with van der Waals surface area (Å²) in [5.41, 5.74) is 1.33. The lowest BCUT2D eigenvalue weighted by Crippen LogP contribution is -2.27. The normalized spacial score (nSPS) is 17.2. The average molecular weight is 274 g/mol. The van der Waals surface area contributed by atoms with E-state index in [1.165, 1.54) is 44.1 Å². The molecular weight excluding hydrogens is 253 g/mol. The minimum Gasteiger partial charge on any atom is -0.310 e. The van der Waals surface area contributed by atoms with Crippen LogP contribution in [0.25, 0.3) is 0 Å². The molecule has 1 aliphatic rings. The first-order valence-corrected chi connectivity index (χ1v) is 6.70. The summed E-state index contributed by atoms with van der Waals surface area (Å²) in [7, 11) is 0. The number of nitrogens with one attached hydrogen (secondary N) is 1. The lowest BCUT2D eigenvalue weighted by molar-refractivity contribution is 0.459. The summed E-state index contributed by atoms with van der Waals surface area (Å²) in [6.07, 6.45) is 8.29. The highest BCUT2D eigenvalue weighted by atomic mass is 35.5. The fourth-order valence-electron chi connectivity index (χ4n) is 2.35. The van der Waals surface area contributed by atoms with Crippen LogP contribution >= 0.6 is 24.0 Å². The van der Waals surface area contributed by atoms with Gasteiger partial charge >= 0.3 is 0 Å². The third-order valence-electron chi connectivity index (χ3n) is 3.36. The summed E-state index contributed by atoms with van der Waals surface area (Å²) in [6.45, 7) is 0.974. The first-order chi connectivity index (χ1) is 7.84. The topological polar surface area (TPSA) is 12.0 Å². The van der Waals surface area contributed by atoms with Crippen LogP contribution in [0.2, 0.25) is 5.02 Å². The Balaban J connectivity index is 0.00000144. The standard InChI is InChI=1S/C14H20ClN.ClH/c15-13-9-7-12(8-10-13)11-16-14-5-3-1-2-4-6-14;/h7-10,14,16H,1-6,11H2;1H. The first-order valence-electron chi connectivity index (χ1n) is 6.32. The molecular formula is C14H21Cl2N. The molecule has 2 rings (SSSR count). The minimum atomic E-state index is 0. The largest absolute Gasteiger partial charge is 0.310 e. The van der Waals surface area contributed by atoms with Gasteiger partial charge in [0, 0.05) is 17.6 Å². The summed E-state index contributed by atoms with van der Waals surface area (Å²) in [4.78, 5) is 0. The third-order valence-corrected chi connectivity index (χ3v) is 3.62. The van der Waals surface area contributed by atoms with E-state index in [0.717, 1.165) is 17.6 Å². The van der Waals surface area contributed by atoms with Crippen LogP contribution in [0.4, 0.5) is 0 Å². The Morgan fingerprint density at radius 3 is 2.18 bits per heavy atom. The van der Waals surface area contributed by atoms with E-state index in [1.54, 1.807) is 0 Å². The Morgan fingerprint density at radius 1 is 1.00 bits per heavy atom. The third kappa shape index (κ3) is 5.29. The zero-order valence-electron chi connectivity index (χ0n) is 10.1. The van der Waals surface area contributed by atoms with Crippen molar-refractivity contribution < 1.29 is 0 Å². The van der Waals surface area contributed by atoms with Crippen molar-refractivity contribution in [3.8, 4) is 0 Å². The van der Waals surface area contributed by atoms with Crippen LogP contribution in [0.1, 0.15) is 44.1 Å². The zero-order valence-corrected chi connectivity index (χ0v) is 11.7. The maximum atomic E-state index is 5.86. The number of rotatable bonds is 3. The quantitative estimate of drug-likeness (QED) is 0.796. The number of halogens is 2. The molecule has 0 aliphatic heterocycles. The van der Waals surface area contributed by atoms with Crippen molar-refractivity contribution in [2.75, 3.05) is 0 Å². The van der Waals surface area contributed by atoms with Gasteiger partial charge in [-0.1, -0.05) is 49.4 Å². The molecule has 1 aromatic rings. The van der Waals surface area contributed by atoms with E-state index in [2.05, 4.69) is 17.4 Å². The van der Waals surface area contributed by atoms with Crippen molar-refractivity contribution in [2.24, 2.45) is 0 Å². The first kappa shape index (κ1) is 14.8. The predicted octanol–water partition coefficient (Wildman–Crippen LogP) is 4.57. The Kier molecular flexibility index (Phi) is 6.94. The Bertz CT molecular complexity index is 303. The second-order valence-corrected chi connectivity index (χ2v) is 5.13. The Morgan fingerprint density at radius 2 is 1.59 bits per heavy atom. The molecule has 1 aromatic carbocycles. The van der Waals surface area contributed by atoms with Crippen LogP contribution in [0.5, 0.6) is 0 Å². The van der Waals surface area contributed by atoms with E-state index in [-0.39, 0.29) is 12.4 Å². The monoisotopic (exact) mass is 273 g/mol. The van der Waals surface area contributed by atoms with Crippen LogP contribution < -0.4 is 5.32 Å². The van der Waals surface area contributed by atoms with Crippen molar-refractivity contribution in [3.63, 3.8) is 0 Å². The van der Waals surface area contributed by atoms with Crippen LogP contribution in [0.3, 0.4) is 0 Å². The highest BCUT2D eigenvalue weighted by molar-refractivity contribution is 6.30. The maximum Gasteiger partial charge on any atom is 0.0406 e. The van der Waals surface area contributed by atoms with Crippen LogP contribution in [-0.4, -0.2) is 6.04 Å². The van der Waals surface area contributed by atoms with Gasteiger partial charge in [-0.25, -0.2) is 0 Å². The molecule has 3 heteroatoms. The summed E-state index contributed by atoms with van der Waals surface area (Å²) >= 11 is 5.86. The smallest absolute Gasteiger partial charge is 0.0406 e. The Hall–Kier alpha value is -0.240. The van der Waals surface area contributed by atoms with Crippen molar-refractivity contribution in [3.05, 3.63) is 34.9 Å². The van der Waals surface area contributed by atoms with Gasteiger partial charge in [-0.2, -0.15) is 0 Å². The highest BCUT2D eigenvalue weighted by Gasteiger charge is 2.10. The molecule has 0 aromatic heterocycles. The van der Waals surface area contributed by atoms with Gasteiger partial charge in [0.25, 0.3) is 0 Å². The van der Waals surface area contributed by atoms with E-state index < -0.39 is 0 Å². The molecule has 0 unspecified atom stereocenters.